The molecule has 0 unspecified atom stereocenters. The third-order valence-electron chi connectivity index (χ3n) is 4.97. The minimum atomic E-state index is -0.388. The van der Waals surface area contributed by atoms with E-state index in [1.165, 1.54) is 18.2 Å². The number of carbonyl (C=O) groups is 2. The average Bonchev–Trinajstić information content (AvgIpc) is 3.02. The molecule has 2 N–H and O–H groups in total. The van der Waals surface area contributed by atoms with E-state index in [2.05, 4.69) is 26.3 Å². The quantitative estimate of drug-likeness (QED) is 0.673. The molecule has 10 heteroatoms. The highest BCUT2D eigenvalue weighted by molar-refractivity contribution is 9.10. The Morgan fingerprint density at radius 2 is 2.03 bits per heavy atom. The van der Waals surface area contributed by atoms with Gasteiger partial charge in [-0.25, -0.2) is 9.18 Å². The number of rotatable bonds is 1. The van der Waals surface area contributed by atoms with Crippen molar-refractivity contribution in [2.45, 2.75) is 25.9 Å². The smallest absolute Gasteiger partial charge is 0.322 e. The Balaban J connectivity index is 0.00000117. The first-order valence-corrected chi connectivity index (χ1v) is 10.0. The number of aryl methyl sites for hydroxylation is 1. The Labute approximate surface area is 176 Å². The number of aliphatic hydroxyl groups excluding tert-OH is 1. The highest BCUT2D eigenvalue weighted by Gasteiger charge is 2.32. The maximum atomic E-state index is 13.4. The first-order valence-electron chi connectivity index (χ1n) is 9.24. The van der Waals surface area contributed by atoms with E-state index < -0.39 is 0 Å². The molecule has 2 aliphatic heterocycles. The van der Waals surface area contributed by atoms with E-state index in [9.17, 15) is 14.0 Å². The van der Waals surface area contributed by atoms with Gasteiger partial charge < -0.3 is 20.2 Å². The second-order valence-corrected chi connectivity index (χ2v) is 7.66. The molecular weight excluding hydrogens is 445 g/mol. The molecule has 0 atom stereocenters. The fourth-order valence-corrected chi connectivity index (χ4v) is 3.90. The molecule has 156 valence electrons. The molecule has 29 heavy (non-hydrogen) atoms. The van der Waals surface area contributed by atoms with Crippen LogP contribution in [-0.4, -0.2) is 63.9 Å². The largest absolute Gasteiger partial charge is 0.400 e. The molecule has 0 saturated heterocycles. The van der Waals surface area contributed by atoms with Gasteiger partial charge in [-0.2, -0.15) is 5.10 Å². The van der Waals surface area contributed by atoms with Gasteiger partial charge in [-0.05, 0) is 40.5 Å². The van der Waals surface area contributed by atoms with Gasteiger partial charge >= 0.3 is 6.03 Å². The van der Waals surface area contributed by atoms with Crippen LogP contribution in [-0.2, 0) is 19.5 Å². The standard InChI is InChI=1S/C18H19BrFN5O2.CH4O/c1-23-6-2-7-25-16(17(23)26)12-10-24(8-5-15(12)22-25)18(27)21-11-3-4-14(20)13(19)9-11;1-2/h3-4,9H,2,5-8,10H2,1H3,(H,21,27);2H,1H3. The molecule has 0 aliphatic carbocycles. The summed E-state index contributed by atoms with van der Waals surface area (Å²) in [6.45, 7) is 2.24. The lowest BCUT2D eigenvalue weighted by Gasteiger charge is -2.27. The molecule has 0 fully saturated rings. The fourth-order valence-electron chi connectivity index (χ4n) is 3.52. The predicted molar refractivity (Wildman–Crippen MR) is 109 cm³/mol. The highest BCUT2D eigenvalue weighted by atomic mass is 79.9. The van der Waals surface area contributed by atoms with Crippen LogP contribution in [0.3, 0.4) is 0 Å². The van der Waals surface area contributed by atoms with Crippen LogP contribution >= 0.6 is 15.9 Å². The molecule has 0 saturated carbocycles. The molecule has 0 radical (unpaired) electrons. The van der Waals surface area contributed by atoms with Crippen molar-refractivity contribution in [2.24, 2.45) is 0 Å². The second-order valence-electron chi connectivity index (χ2n) is 6.81. The molecule has 0 bridgehead atoms. The van der Waals surface area contributed by atoms with Gasteiger partial charge in [-0.3, -0.25) is 9.48 Å². The Bertz CT molecular complexity index is 933. The first-order chi connectivity index (χ1) is 13.9. The van der Waals surface area contributed by atoms with E-state index in [1.54, 1.807) is 21.5 Å². The summed E-state index contributed by atoms with van der Waals surface area (Å²) in [6, 6.07) is 4.04. The van der Waals surface area contributed by atoms with Crippen molar-refractivity contribution in [2.75, 3.05) is 32.6 Å². The van der Waals surface area contributed by atoms with Gasteiger partial charge in [0.05, 0.1) is 16.7 Å². The number of carbonyl (C=O) groups excluding carboxylic acids is 2. The van der Waals surface area contributed by atoms with Crippen molar-refractivity contribution in [3.05, 3.63) is 45.4 Å². The summed E-state index contributed by atoms with van der Waals surface area (Å²) in [4.78, 5) is 28.7. The molecule has 4 rings (SSSR count). The Kier molecular flexibility index (Phi) is 6.53. The number of nitrogens with zero attached hydrogens (tertiary/aromatic N) is 4. The lowest BCUT2D eigenvalue weighted by Crippen LogP contribution is -2.39. The van der Waals surface area contributed by atoms with Crippen LogP contribution in [0.25, 0.3) is 0 Å². The maximum absolute atomic E-state index is 13.4. The summed E-state index contributed by atoms with van der Waals surface area (Å²) in [7, 11) is 2.79. The van der Waals surface area contributed by atoms with E-state index in [-0.39, 0.29) is 22.2 Å². The topological polar surface area (TPSA) is 90.7 Å². The summed E-state index contributed by atoms with van der Waals surface area (Å²) >= 11 is 3.12. The lowest BCUT2D eigenvalue weighted by atomic mass is 10.0. The molecule has 3 heterocycles. The highest BCUT2D eigenvalue weighted by Crippen LogP contribution is 2.26. The van der Waals surface area contributed by atoms with Gasteiger partial charge in [0.2, 0.25) is 0 Å². The van der Waals surface area contributed by atoms with E-state index in [0.717, 1.165) is 24.8 Å². The summed E-state index contributed by atoms with van der Waals surface area (Å²) in [6.07, 6.45) is 1.46. The van der Waals surface area contributed by atoms with Crippen molar-refractivity contribution in [3.63, 3.8) is 0 Å². The number of aliphatic hydroxyl groups is 1. The van der Waals surface area contributed by atoms with Crippen LogP contribution in [0.1, 0.15) is 28.2 Å². The summed E-state index contributed by atoms with van der Waals surface area (Å²) in [5.74, 6) is -0.438. The van der Waals surface area contributed by atoms with Crippen LogP contribution in [0, 0.1) is 5.82 Å². The first kappa shape index (κ1) is 21.3. The third-order valence-corrected chi connectivity index (χ3v) is 5.58. The molecule has 3 amide bonds. The van der Waals surface area contributed by atoms with Crippen LogP contribution in [0.5, 0.6) is 0 Å². The van der Waals surface area contributed by atoms with E-state index in [0.29, 0.717) is 44.0 Å². The molecule has 1 aromatic heterocycles. The number of hydrogen-bond donors (Lipinski definition) is 2. The average molecular weight is 468 g/mol. The van der Waals surface area contributed by atoms with Crippen molar-refractivity contribution in [3.8, 4) is 0 Å². The minimum Gasteiger partial charge on any atom is -0.400 e. The number of hydrogen-bond acceptors (Lipinski definition) is 4. The molecule has 1 aromatic carbocycles. The number of nitrogens with one attached hydrogen (secondary N) is 1. The SMILES string of the molecule is CN1CCCn2nc3c(c2C1=O)CN(C(=O)Nc1ccc(F)c(Br)c1)CC3.CO. The van der Waals surface area contributed by atoms with Gasteiger partial charge in [-0.1, -0.05) is 0 Å². The summed E-state index contributed by atoms with van der Waals surface area (Å²) in [5, 5.41) is 14.4. The second kappa shape index (κ2) is 8.91. The van der Waals surface area contributed by atoms with Gasteiger partial charge in [0.1, 0.15) is 11.5 Å². The van der Waals surface area contributed by atoms with Crippen molar-refractivity contribution < 1.29 is 19.1 Å². The number of urea groups is 1. The van der Waals surface area contributed by atoms with Crippen LogP contribution in [0.4, 0.5) is 14.9 Å². The number of halogens is 2. The Morgan fingerprint density at radius 1 is 1.28 bits per heavy atom. The number of benzene rings is 1. The van der Waals surface area contributed by atoms with E-state index in [4.69, 9.17) is 5.11 Å². The zero-order valence-corrected chi connectivity index (χ0v) is 17.9. The van der Waals surface area contributed by atoms with Crippen LogP contribution in [0.15, 0.2) is 22.7 Å². The van der Waals surface area contributed by atoms with Gasteiger partial charge in [0.25, 0.3) is 5.91 Å². The Hall–Kier alpha value is -2.46. The molecule has 2 aliphatic rings. The van der Waals surface area contributed by atoms with Gasteiger partial charge in [0.15, 0.2) is 0 Å². The number of aromatic nitrogens is 2. The molecule has 2 aromatic rings. The normalized spacial score (nSPS) is 15.7. The van der Waals surface area contributed by atoms with Crippen LogP contribution in [0.2, 0.25) is 0 Å². The van der Waals surface area contributed by atoms with Crippen LogP contribution < -0.4 is 5.32 Å². The third kappa shape index (κ3) is 4.27. The zero-order valence-electron chi connectivity index (χ0n) is 16.3. The van der Waals surface area contributed by atoms with Crippen molar-refractivity contribution in [1.82, 2.24) is 19.6 Å². The minimum absolute atomic E-state index is 0.0500. The molecule has 8 nitrogen and oxygen atoms in total. The fraction of sp³-hybridized carbons (Fsp3) is 0.421. The lowest BCUT2D eigenvalue weighted by molar-refractivity contribution is 0.0793. The maximum Gasteiger partial charge on any atom is 0.322 e. The number of anilines is 1. The zero-order chi connectivity index (χ0) is 21.1. The summed E-state index contributed by atoms with van der Waals surface area (Å²) < 4.78 is 15.4. The summed E-state index contributed by atoms with van der Waals surface area (Å²) in [5.41, 5.74) is 2.81. The Morgan fingerprint density at radius 3 is 2.76 bits per heavy atom. The van der Waals surface area contributed by atoms with Gasteiger partial charge in [0, 0.05) is 51.5 Å². The molecular formula is C19H23BrFN5O3. The number of amides is 3. The van der Waals surface area contributed by atoms with Gasteiger partial charge in [-0.15, -0.1) is 0 Å². The van der Waals surface area contributed by atoms with Crippen molar-refractivity contribution in [1.29, 1.82) is 0 Å². The predicted octanol–water partition coefficient (Wildman–Crippen LogP) is 2.46. The molecule has 0 spiro atoms. The van der Waals surface area contributed by atoms with Crippen molar-refractivity contribution >= 4 is 33.6 Å². The van der Waals surface area contributed by atoms with E-state index >= 15 is 0 Å². The van der Waals surface area contributed by atoms with E-state index in [1.807, 2.05) is 0 Å². The number of fused-ring (bicyclic) bond motifs is 3. The monoisotopic (exact) mass is 467 g/mol.